The number of nitrogens with zero attached hydrogens (tertiary/aromatic N) is 18. The fourth-order valence-corrected chi connectivity index (χ4v) is 13.8. The summed E-state index contributed by atoms with van der Waals surface area (Å²) in [5.74, 6) is -3.19. The van der Waals surface area contributed by atoms with Gasteiger partial charge in [-0.2, -0.15) is 0 Å². The summed E-state index contributed by atoms with van der Waals surface area (Å²) in [5, 5.41) is 0. The Labute approximate surface area is 812 Å². The van der Waals surface area contributed by atoms with E-state index < -0.39 is 52.1 Å². The molecule has 6 aromatic heterocycles. The van der Waals surface area contributed by atoms with Gasteiger partial charge >= 0.3 is 0 Å². The smallest absolute Gasteiger partial charge is 0.200 e. The van der Waals surface area contributed by atoms with Crippen LogP contribution >= 0.6 is 0 Å². The summed E-state index contributed by atoms with van der Waals surface area (Å²) in [6, 6.07) is 80.4. The summed E-state index contributed by atoms with van der Waals surface area (Å²) in [6.07, 6.45) is 0. The summed E-state index contributed by atoms with van der Waals surface area (Å²) < 4.78 is 137. The Morgan fingerprint density at radius 3 is 0.730 bits per heavy atom. The van der Waals surface area contributed by atoms with Crippen LogP contribution in [0.3, 0.4) is 0 Å². The Kier molecular flexibility index (Phi) is 34.1. The first-order valence-corrected chi connectivity index (χ1v) is 45.7. The van der Waals surface area contributed by atoms with Crippen molar-refractivity contribution < 1.29 is 43.9 Å². The normalized spacial score (nSPS) is 11.0. The maximum Gasteiger partial charge on any atom is 0.200 e. The van der Waals surface area contributed by atoms with Crippen LogP contribution in [0.4, 0.5) is 43.9 Å². The van der Waals surface area contributed by atoms with Crippen LogP contribution in [0.1, 0.15) is 181 Å². The van der Waals surface area contributed by atoms with Crippen molar-refractivity contribution in [3.05, 3.63) is 394 Å². The van der Waals surface area contributed by atoms with Crippen LogP contribution in [0.5, 0.6) is 0 Å². The highest BCUT2D eigenvalue weighted by Gasteiger charge is 2.30. The lowest BCUT2D eigenvalue weighted by atomic mass is 10.1. The molecule has 0 spiro atoms. The van der Waals surface area contributed by atoms with Crippen LogP contribution in [-0.4, -0.2) is 89.7 Å². The average molecular weight is 1900 g/mol. The lowest BCUT2D eigenvalue weighted by Gasteiger charge is -2.12. The maximum atomic E-state index is 14.1. The van der Waals surface area contributed by atoms with Crippen molar-refractivity contribution in [2.75, 3.05) is 0 Å². The van der Waals surface area contributed by atoms with Gasteiger partial charge in [0.05, 0.1) is 16.7 Å². The molecule has 714 valence electrons. The van der Waals surface area contributed by atoms with E-state index in [1.807, 2.05) is 109 Å². The molecule has 0 aliphatic rings. The highest BCUT2D eigenvalue weighted by molar-refractivity contribution is 5.70. The van der Waals surface area contributed by atoms with Crippen LogP contribution in [-0.2, 0) is 0 Å². The molecular weight excluding hydrogens is 1800 g/mol. The standard InChI is InChI=1S/2C20H21N3.C19H18FN3.C18H12F5N3.2C18H15F2N3/c1-13(2)18-21-19(16-11-7-5-9-14(16)3)23-20(22-18)17-12-8-6-10-15(17)4;1-13(2)18-21-19(16-10-8-14(3)9-11-16)23-20(22-18)17-7-5-6-15(4)12-17;1-12(2)17-21-18(14-6-4-13(3)5-7-14)23-19(22-17)15-8-10-16(20)11-9-15;1-8(2)16-24-17(9-6-4-3-5-7-9)26-18(25-16)10-11(19)13(21)15(23)14(22)12(10)20;1-11(2)16-21-17(12-5-3-7-14(19)9-12)23-18(22-16)13-6-4-8-15(20)10-13;1-11(2)16-21-17(12-7-3-5-9-14(12)19)23-18(22-16)13-8-4-6-10-15(13)20/h2*5-13H,1-4H3;4-12H,1-3H3;3-8H,1-2H3;2*3-11H,1-2H3. The Morgan fingerprint density at radius 2 is 0.411 bits per heavy atom. The highest BCUT2D eigenvalue weighted by atomic mass is 19.2. The molecule has 0 saturated heterocycles. The molecule has 18 rings (SSSR count). The number of hydrogen-bond acceptors (Lipinski definition) is 18. The molecule has 12 aromatic carbocycles. The third-order valence-electron chi connectivity index (χ3n) is 21.6. The van der Waals surface area contributed by atoms with Crippen LogP contribution in [0, 0.1) is 92.8 Å². The minimum Gasteiger partial charge on any atom is -0.213 e. The van der Waals surface area contributed by atoms with E-state index in [9.17, 15) is 43.9 Å². The largest absolute Gasteiger partial charge is 0.213 e. The minimum absolute atomic E-state index is 0.00838. The van der Waals surface area contributed by atoms with Gasteiger partial charge in [0.2, 0.25) is 5.82 Å². The lowest BCUT2D eigenvalue weighted by Crippen LogP contribution is -2.09. The van der Waals surface area contributed by atoms with Gasteiger partial charge < -0.3 is 0 Å². The number of benzene rings is 12. The van der Waals surface area contributed by atoms with E-state index in [1.54, 1.807) is 117 Å². The fourth-order valence-electron chi connectivity index (χ4n) is 13.8. The zero-order valence-electron chi connectivity index (χ0n) is 80.8. The van der Waals surface area contributed by atoms with E-state index in [0.717, 1.165) is 74.2 Å². The van der Waals surface area contributed by atoms with Gasteiger partial charge in [-0.05, 0) is 125 Å². The number of aromatic nitrogens is 18. The van der Waals surface area contributed by atoms with Crippen molar-refractivity contribution in [1.82, 2.24) is 89.7 Å². The molecule has 0 unspecified atom stereocenters. The minimum atomic E-state index is -2.23. The van der Waals surface area contributed by atoms with Crippen molar-refractivity contribution in [3.63, 3.8) is 0 Å². The van der Waals surface area contributed by atoms with Crippen LogP contribution < -0.4 is 0 Å². The van der Waals surface area contributed by atoms with Crippen molar-refractivity contribution >= 4 is 0 Å². The van der Waals surface area contributed by atoms with Gasteiger partial charge in [0.25, 0.3) is 0 Å². The van der Waals surface area contributed by atoms with Crippen LogP contribution in [0.2, 0.25) is 0 Å². The first-order valence-electron chi connectivity index (χ1n) is 45.7. The summed E-state index contributed by atoms with van der Waals surface area (Å²) in [5.41, 5.74) is 12.9. The molecule has 141 heavy (non-hydrogen) atoms. The molecule has 0 N–H and O–H groups in total. The number of rotatable bonds is 18. The Bertz CT molecular complexity index is 6970. The predicted molar refractivity (Wildman–Crippen MR) is 532 cm³/mol. The molecule has 0 radical (unpaired) electrons. The third kappa shape index (κ3) is 26.5. The zero-order valence-corrected chi connectivity index (χ0v) is 80.8. The molecule has 0 aliphatic heterocycles. The van der Waals surface area contributed by atoms with Crippen LogP contribution in [0.25, 0.3) is 137 Å². The molecule has 28 heteroatoms. The van der Waals surface area contributed by atoms with Gasteiger partial charge in [0.15, 0.2) is 93.2 Å². The molecule has 0 amide bonds. The van der Waals surface area contributed by atoms with Crippen LogP contribution in [0.15, 0.2) is 273 Å². The molecule has 0 saturated carbocycles. The van der Waals surface area contributed by atoms with Crippen molar-refractivity contribution in [3.8, 4) is 137 Å². The molecule has 6 heterocycles. The molecule has 0 bridgehead atoms. The summed E-state index contributed by atoms with van der Waals surface area (Å²) in [4.78, 5) is 80.1. The van der Waals surface area contributed by atoms with Gasteiger partial charge in [-0.1, -0.05) is 294 Å². The lowest BCUT2D eigenvalue weighted by molar-refractivity contribution is 0.380. The molecule has 0 atom stereocenters. The molecule has 18 nitrogen and oxygen atoms in total. The van der Waals surface area contributed by atoms with E-state index >= 15 is 0 Å². The van der Waals surface area contributed by atoms with Crippen molar-refractivity contribution in [1.29, 1.82) is 0 Å². The first-order chi connectivity index (χ1) is 67.5. The Morgan fingerprint density at radius 1 is 0.170 bits per heavy atom. The van der Waals surface area contributed by atoms with Gasteiger partial charge in [0.1, 0.15) is 64.0 Å². The molecular formula is C113H102F10N18. The second kappa shape index (κ2) is 46.9. The number of hydrogen-bond donors (Lipinski definition) is 0. The summed E-state index contributed by atoms with van der Waals surface area (Å²) in [7, 11) is 0. The second-order valence-electron chi connectivity index (χ2n) is 35.0. The highest BCUT2D eigenvalue weighted by Crippen LogP contribution is 2.36. The van der Waals surface area contributed by atoms with Gasteiger partial charge in [-0.25, -0.2) is 134 Å². The average Bonchev–Trinajstić information content (AvgIpc) is 0.765. The third-order valence-corrected chi connectivity index (χ3v) is 21.6. The monoisotopic (exact) mass is 1900 g/mol. The van der Waals surface area contributed by atoms with E-state index in [1.165, 1.54) is 76.3 Å². The van der Waals surface area contributed by atoms with Crippen molar-refractivity contribution in [2.24, 2.45) is 0 Å². The van der Waals surface area contributed by atoms with Gasteiger partial charge in [0, 0.05) is 85.6 Å². The predicted octanol–water partition coefficient (Wildman–Crippen LogP) is 28.9. The second-order valence-corrected chi connectivity index (χ2v) is 35.0. The Hall–Kier alpha value is -16.0. The fraction of sp³-hybridized carbons (Fsp3) is 0.204. The van der Waals surface area contributed by atoms with E-state index in [0.29, 0.717) is 51.6 Å². The quantitative estimate of drug-likeness (QED) is 0.0441. The number of halogens is 10. The van der Waals surface area contributed by atoms with Gasteiger partial charge in [-0.15, -0.1) is 0 Å². The molecule has 0 fully saturated rings. The maximum absolute atomic E-state index is 14.1. The SMILES string of the molecule is CC(C)c1nc(-c2cccc(F)c2)nc(-c2cccc(F)c2)n1.CC(C)c1nc(-c2ccccc2)nc(-c2c(F)c(F)c(F)c(F)c2F)n1.CC(C)c1nc(-c2ccccc2F)nc(-c2ccccc2F)n1.Cc1ccc(-c2nc(-c3ccc(F)cc3)nc(C(C)C)n2)cc1.Cc1ccc(-c2nc(-c3cccc(C)c3)nc(C(C)C)n2)cc1.Cc1ccccc1-c1nc(-c2ccccc2C)nc(C(C)C)n1. The first kappa shape index (κ1) is 102. The summed E-state index contributed by atoms with van der Waals surface area (Å²) >= 11 is 0. The topological polar surface area (TPSA) is 232 Å². The molecule has 0 aliphatic carbocycles. The Balaban J connectivity index is 0.000000142. The van der Waals surface area contributed by atoms with Crippen molar-refractivity contribution in [2.45, 2.75) is 153 Å². The van der Waals surface area contributed by atoms with E-state index in [-0.39, 0.29) is 87.4 Å². The van der Waals surface area contributed by atoms with E-state index in [4.69, 9.17) is 19.9 Å². The molecule has 18 aromatic rings. The zero-order chi connectivity index (χ0) is 101. The van der Waals surface area contributed by atoms with Gasteiger partial charge in [-0.3, -0.25) is 0 Å². The summed E-state index contributed by atoms with van der Waals surface area (Å²) in [6.45, 7) is 34.1. The van der Waals surface area contributed by atoms with E-state index in [2.05, 4.69) is 186 Å². The number of aryl methyl sites for hydroxylation is 5.